The molecule has 39 heavy (non-hydrogen) atoms. The maximum Gasteiger partial charge on any atom is 0.335 e. The fourth-order valence-corrected chi connectivity index (χ4v) is 6.70. The van der Waals surface area contributed by atoms with Gasteiger partial charge in [0, 0.05) is 30.2 Å². The van der Waals surface area contributed by atoms with E-state index in [-0.39, 0.29) is 35.4 Å². The lowest BCUT2D eigenvalue weighted by Gasteiger charge is -2.29. The van der Waals surface area contributed by atoms with Crippen molar-refractivity contribution in [3.05, 3.63) is 64.9 Å². The van der Waals surface area contributed by atoms with Crippen LogP contribution < -0.4 is 4.90 Å². The minimum atomic E-state index is -0.951. The molecule has 1 unspecified atom stereocenters. The van der Waals surface area contributed by atoms with Crippen molar-refractivity contribution in [2.45, 2.75) is 70.1 Å². The Hall–Kier alpha value is -3.37. The van der Waals surface area contributed by atoms with Crippen molar-refractivity contribution in [3.8, 4) is 11.3 Å². The van der Waals surface area contributed by atoms with Crippen molar-refractivity contribution >= 4 is 32.7 Å². The van der Waals surface area contributed by atoms with E-state index in [4.69, 9.17) is 14.2 Å². The molecule has 204 valence electrons. The van der Waals surface area contributed by atoms with Crippen molar-refractivity contribution in [1.29, 1.82) is 0 Å². The summed E-state index contributed by atoms with van der Waals surface area (Å²) < 4.78 is 41.6. The molecule has 2 aromatic heterocycles. The molecule has 1 saturated carbocycles. The number of ether oxygens (including phenoxy) is 1. The van der Waals surface area contributed by atoms with Gasteiger partial charge in [-0.25, -0.2) is 18.6 Å². The van der Waals surface area contributed by atoms with Gasteiger partial charge in [-0.2, -0.15) is 0 Å². The summed E-state index contributed by atoms with van der Waals surface area (Å²) in [6.07, 6.45) is 5.73. The van der Waals surface area contributed by atoms with Gasteiger partial charge in [0.1, 0.15) is 23.1 Å². The number of carboxylic acid groups (broad SMARTS) is 1. The van der Waals surface area contributed by atoms with Gasteiger partial charge < -0.3 is 19.3 Å². The molecule has 7 nitrogen and oxygen atoms in total. The highest BCUT2D eigenvalue weighted by atomic mass is 32.1. The van der Waals surface area contributed by atoms with E-state index < -0.39 is 17.6 Å². The topological polar surface area (TPSA) is 88.7 Å². The molecule has 3 heterocycles. The number of fused-ring (bicyclic) bond motifs is 1. The molecule has 1 aliphatic carbocycles. The SMILES string of the molecule is CCC1CC[C@@H](CCOCc2c(-c3c(F)cccc3F)noc2C2CC2)N1c1nc2ccc(C(=O)O)cc2s1. The smallest absolute Gasteiger partial charge is 0.335 e. The third-order valence-corrected chi connectivity index (χ3v) is 8.78. The van der Waals surface area contributed by atoms with Crippen molar-refractivity contribution in [1.82, 2.24) is 10.1 Å². The zero-order valence-electron chi connectivity index (χ0n) is 21.5. The minimum Gasteiger partial charge on any atom is -0.478 e. The number of rotatable bonds is 10. The number of benzene rings is 2. The summed E-state index contributed by atoms with van der Waals surface area (Å²) in [5.41, 5.74) is 1.67. The van der Waals surface area contributed by atoms with Gasteiger partial charge in [0.15, 0.2) is 5.13 Å². The average Bonchev–Trinajstić information content (AvgIpc) is 3.35. The summed E-state index contributed by atoms with van der Waals surface area (Å²) in [7, 11) is 0. The van der Waals surface area contributed by atoms with E-state index in [0.717, 1.165) is 53.9 Å². The van der Waals surface area contributed by atoms with Crippen LogP contribution in [0.15, 0.2) is 40.9 Å². The second-order valence-corrected chi connectivity index (χ2v) is 11.3. The predicted molar refractivity (Wildman–Crippen MR) is 144 cm³/mol. The lowest BCUT2D eigenvalue weighted by Crippen LogP contribution is -2.36. The van der Waals surface area contributed by atoms with Gasteiger partial charge in [-0.3, -0.25) is 0 Å². The highest BCUT2D eigenvalue weighted by Crippen LogP contribution is 2.45. The highest BCUT2D eigenvalue weighted by Gasteiger charge is 2.35. The molecule has 2 atom stereocenters. The first-order valence-corrected chi connectivity index (χ1v) is 14.2. The second kappa shape index (κ2) is 10.7. The molecule has 0 bridgehead atoms. The molecular formula is C29H29F2N3O4S. The third-order valence-electron chi connectivity index (χ3n) is 7.74. The van der Waals surface area contributed by atoms with Crippen LogP contribution in [0.3, 0.4) is 0 Å². The van der Waals surface area contributed by atoms with Crippen LogP contribution in [0.2, 0.25) is 0 Å². The first-order chi connectivity index (χ1) is 18.9. The maximum atomic E-state index is 14.5. The van der Waals surface area contributed by atoms with Crippen LogP contribution in [-0.4, -0.2) is 39.9 Å². The van der Waals surface area contributed by atoms with Crippen LogP contribution >= 0.6 is 11.3 Å². The van der Waals surface area contributed by atoms with Gasteiger partial charge in [-0.05, 0) is 68.9 Å². The quantitative estimate of drug-likeness (QED) is 0.209. The number of hydrogen-bond donors (Lipinski definition) is 1. The van der Waals surface area contributed by atoms with Crippen molar-refractivity contribution in [2.24, 2.45) is 0 Å². The van der Waals surface area contributed by atoms with Gasteiger partial charge in [-0.1, -0.05) is 29.5 Å². The zero-order chi connectivity index (χ0) is 27.1. The summed E-state index contributed by atoms with van der Waals surface area (Å²) in [6, 6.07) is 9.38. The van der Waals surface area contributed by atoms with E-state index in [1.54, 1.807) is 18.2 Å². The number of hydrogen-bond acceptors (Lipinski definition) is 7. The molecule has 10 heteroatoms. The summed E-state index contributed by atoms with van der Waals surface area (Å²) in [5.74, 6) is -1.42. The van der Waals surface area contributed by atoms with Crippen molar-refractivity contribution in [2.75, 3.05) is 11.5 Å². The van der Waals surface area contributed by atoms with Crippen LogP contribution in [0.1, 0.15) is 73.0 Å². The predicted octanol–water partition coefficient (Wildman–Crippen LogP) is 7.16. The lowest BCUT2D eigenvalue weighted by atomic mass is 10.0. The Kier molecular flexibility index (Phi) is 7.07. The molecule has 2 aliphatic rings. The van der Waals surface area contributed by atoms with Gasteiger partial charge in [0.2, 0.25) is 0 Å². The van der Waals surface area contributed by atoms with E-state index in [0.29, 0.717) is 24.0 Å². The summed E-state index contributed by atoms with van der Waals surface area (Å²) in [5, 5.41) is 14.3. The van der Waals surface area contributed by atoms with E-state index in [1.165, 1.54) is 29.5 Å². The normalized spacial score (nSPS) is 19.3. The number of halogens is 2. The molecule has 0 amide bonds. The average molecular weight is 554 g/mol. The Balaban J connectivity index is 1.17. The first kappa shape index (κ1) is 25.9. The standard InChI is InChI=1S/C29H29F2N3O4S/c1-2-18-9-10-19(34(18)29-32-23-11-8-17(28(35)36)14-24(23)39-29)12-13-37-15-20-26(33-38-27(20)16-6-7-16)25-21(30)4-3-5-22(25)31/h3-5,8,11,14,16,18-19H,2,6-7,9-10,12-13,15H2,1H3,(H,35,36)/t18?,19-/m0/s1. The number of nitrogens with zero attached hydrogens (tertiary/aromatic N) is 3. The van der Waals surface area contributed by atoms with Crippen molar-refractivity contribution < 1.29 is 27.9 Å². The monoisotopic (exact) mass is 553 g/mol. The second-order valence-electron chi connectivity index (χ2n) is 10.3. The molecule has 6 rings (SSSR count). The summed E-state index contributed by atoms with van der Waals surface area (Å²) in [6.45, 7) is 2.79. The van der Waals surface area contributed by atoms with E-state index in [1.807, 2.05) is 0 Å². The summed E-state index contributed by atoms with van der Waals surface area (Å²) in [4.78, 5) is 18.6. The molecule has 0 spiro atoms. The lowest BCUT2D eigenvalue weighted by molar-refractivity contribution is 0.0697. The van der Waals surface area contributed by atoms with E-state index >= 15 is 0 Å². The molecule has 0 radical (unpaired) electrons. The van der Waals surface area contributed by atoms with Crippen molar-refractivity contribution in [3.63, 3.8) is 0 Å². The molecule has 4 aromatic rings. The Bertz CT molecular complexity index is 1500. The molecule has 1 saturated heterocycles. The molecule has 2 fully saturated rings. The van der Waals surface area contributed by atoms with Crippen LogP contribution in [0.5, 0.6) is 0 Å². The van der Waals surface area contributed by atoms with E-state index in [9.17, 15) is 18.7 Å². The van der Waals surface area contributed by atoms with Gasteiger partial charge in [0.05, 0.1) is 28.0 Å². The van der Waals surface area contributed by atoms with Crippen LogP contribution in [0.4, 0.5) is 13.9 Å². The first-order valence-electron chi connectivity index (χ1n) is 13.4. The Labute approximate surface area is 228 Å². The number of carboxylic acids is 1. The fourth-order valence-electron chi connectivity index (χ4n) is 5.56. The Morgan fingerprint density at radius 3 is 2.64 bits per heavy atom. The van der Waals surface area contributed by atoms with Gasteiger partial charge in [-0.15, -0.1) is 0 Å². The van der Waals surface area contributed by atoms with Crippen LogP contribution in [0, 0.1) is 11.6 Å². The molecule has 1 N–H and O–H groups in total. The zero-order valence-corrected chi connectivity index (χ0v) is 22.3. The third kappa shape index (κ3) is 5.03. The Morgan fingerprint density at radius 2 is 1.92 bits per heavy atom. The molecule has 1 aliphatic heterocycles. The largest absolute Gasteiger partial charge is 0.478 e. The molecular weight excluding hydrogens is 524 g/mol. The Morgan fingerprint density at radius 1 is 1.15 bits per heavy atom. The fraction of sp³-hybridized carbons (Fsp3) is 0.414. The number of thiazole rings is 1. The van der Waals surface area contributed by atoms with Gasteiger partial charge in [0.25, 0.3) is 0 Å². The van der Waals surface area contributed by atoms with Crippen LogP contribution in [0.25, 0.3) is 21.5 Å². The number of anilines is 1. The highest BCUT2D eigenvalue weighted by molar-refractivity contribution is 7.22. The van der Waals surface area contributed by atoms with E-state index in [2.05, 4.69) is 17.0 Å². The number of carbonyl (C=O) groups is 1. The van der Waals surface area contributed by atoms with Gasteiger partial charge >= 0.3 is 5.97 Å². The number of aromatic nitrogens is 2. The van der Waals surface area contributed by atoms with Crippen LogP contribution in [-0.2, 0) is 11.3 Å². The molecule has 2 aromatic carbocycles. The summed E-state index contributed by atoms with van der Waals surface area (Å²) >= 11 is 1.52. The minimum absolute atomic E-state index is 0.168. The maximum absolute atomic E-state index is 14.5. The number of aromatic carboxylic acids is 1.